The Hall–Kier alpha value is -2.19. The third-order valence-corrected chi connectivity index (χ3v) is 3.30. The van der Waals surface area contributed by atoms with Crippen LogP contribution in [0.2, 0.25) is 0 Å². The fourth-order valence-electron chi connectivity index (χ4n) is 2.07. The van der Waals surface area contributed by atoms with Crippen LogP contribution in [0.4, 0.5) is 16.2 Å². The second-order valence-electron chi connectivity index (χ2n) is 4.64. The predicted molar refractivity (Wildman–Crippen MR) is 72.5 cm³/mol. The number of rotatable bonds is 3. The van der Waals surface area contributed by atoms with Crippen LogP contribution in [0.1, 0.15) is 0 Å². The lowest BCUT2D eigenvalue weighted by atomic mass is 10.2. The number of β-amino-alcohol motifs (C(OH)–C–C–N with tert-alkyl or cyclic N) is 1. The molecular formula is C12H16N4O4. The number of hydrogen-bond acceptors (Lipinski definition) is 5. The third-order valence-electron chi connectivity index (χ3n) is 3.30. The first-order chi connectivity index (χ1) is 9.49. The SMILES string of the molecule is CN(C(=O)Nc1ccc([N+](=O)[O-])cc1)[C@H]1CNC[C@@H]1O. The fraction of sp³-hybridized carbons (Fsp3) is 0.417. The standard InChI is InChI=1S/C12H16N4O4/c1-15(10-6-13-7-11(10)17)12(18)14-8-2-4-9(5-3-8)16(19)20/h2-5,10-11,13,17H,6-7H2,1H3,(H,14,18)/t10-,11-/m0/s1. The average Bonchev–Trinajstić information content (AvgIpc) is 2.84. The Labute approximate surface area is 115 Å². The van der Waals surface area contributed by atoms with Crippen molar-refractivity contribution in [1.29, 1.82) is 0 Å². The van der Waals surface area contributed by atoms with Crippen molar-refractivity contribution in [2.24, 2.45) is 0 Å². The van der Waals surface area contributed by atoms with Gasteiger partial charge in [0.15, 0.2) is 0 Å². The van der Waals surface area contributed by atoms with Crippen molar-refractivity contribution in [3.63, 3.8) is 0 Å². The van der Waals surface area contributed by atoms with Crippen molar-refractivity contribution >= 4 is 17.4 Å². The summed E-state index contributed by atoms with van der Waals surface area (Å²) in [6.45, 7) is 0.991. The summed E-state index contributed by atoms with van der Waals surface area (Å²) in [7, 11) is 1.60. The van der Waals surface area contributed by atoms with Gasteiger partial charge in [0.2, 0.25) is 0 Å². The molecule has 2 amide bonds. The molecule has 1 aromatic carbocycles. The number of nitrogens with zero attached hydrogens (tertiary/aromatic N) is 2. The smallest absolute Gasteiger partial charge is 0.321 e. The summed E-state index contributed by atoms with van der Waals surface area (Å²) >= 11 is 0. The maximum absolute atomic E-state index is 12.0. The van der Waals surface area contributed by atoms with Crippen LogP contribution in [-0.2, 0) is 0 Å². The van der Waals surface area contributed by atoms with E-state index in [-0.39, 0.29) is 17.8 Å². The first-order valence-electron chi connectivity index (χ1n) is 6.16. The number of benzene rings is 1. The highest BCUT2D eigenvalue weighted by molar-refractivity contribution is 5.89. The zero-order chi connectivity index (χ0) is 14.7. The number of nitro benzene ring substituents is 1. The molecule has 20 heavy (non-hydrogen) atoms. The lowest BCUT2D eigenvalue weighted by molar-refractivity contribution is -0.384. The zero-order valence-electron chi connectivity index (χ0n) is 10.9. The second kappa shape index (κ2) is 5.85. The van der Waals surface area contributed by atoms with Crippen molar-refractivity contribution in [2.45, 2.75) is 12.1 Å². The Morgan fingerprint density at radius 3 is 2.60 bits per heavy atom. The summed E-state index contributed by atoms with van der Waals surface area (Å²) in [5.41, 5.74) is 0.430. The van der Waals surface area contributed by atoms with Crippen molar-refractivity contribution in [3.8, 4) is 0 Å². The number of aliphatic hydroxyl groups excluding tert-OH is 1. The number of nitrogens with one attached hydrogen (secondary N) is 2. The van der Waals surface area contributed by atoms with Gasteiger partial charge >= 0.3 is 6.03 Å². The van der Waals surface area contributed by atoms with Gasteiger partial charge in [0.25, 0.3) is 5.69 Å². The number of non-ortho nitro benzene ring substituents is 1. The molecule has 2 rings (SSSR count). The Kier molecular flexibility index (Phi) is 4.16. The summed E-state index contributed by atoms with van der Waals surface area (Å²) in [4.78, 5) is 23.5. The van der Waals surface area contributed by atoms with Crippen LogP contribution >= 0.6 is 0 Å². The second-order valence-corrected chi connectivity index (χ2v) is 4.64. The molecule has 1 fully saturated rings. The van der Waals surface area contributed by atoms with Crippen LogP contribution < -0.4 is 10.6 Å². The topological polar surface area (TPSA) is 108 Å². The van der Waals surface area contributed by atoms with Crippen molar-refractivity contribution in [2.75, 3.05) is 25.5 Å². The Morgan fingerprint density at radius 2 is 2.10 bits per heavy atom. The van der Waals surface area contributed by atoms with E-state index in [1.54, 1.807) is 7.05 Å². The van der Waals surface area contributed by atoms with Gasteiger partial charge in [0.05, 0.1) is 17.1 Å². The van der Waals surface area contributed by atoms with Gasteiger partial charge in [-0.3, -0.25) is 10.1 Å². The Morgan fingerprint density at radius 1 is 1.45 bits per heavy atom. The van der Waals surface area contributed by atoms with Crippen molar-refractivity contribution < 1.29 is 14.8 Å². The lowest BCUT2D eigenvalue weighted by Crippen LogP contribution is -2.46. The molecule has 1 saturated heterocycles. The molecule has 0 saturated carbocycles. The van der Waals surface area contributed by atoms with Gasteiger partial charge in [-0.15, -0.1) is 0 Å². The van der Waals surface area contributed by atoms with E-state index in [2.05, 4.69) is 10.6 Å². The summed E-state index contributed by atoms with van der Waals surface area (Å²) < 4.78 is 0. The highest BCUT2D eigenvalue weighted by Gasteiger charge is 2.31. The summed E-state index contributed by atoms with van der Waals surface area (Å²) in [5.74, 6) is 0. The van der Waals surface area contributed by atoms with E-state index in [1.807, 2.05) is 0 Å². The first kappa shape index (κ1) is 14.2. The van der Waals surface area contributed by atoms with Crippen LogP contribution in [0.15, 0.2) is 24.3 Å². The van der Waals surface area contributed by atoms with E-state index in [9.17, 15) is 20.0 Å². The van der Waals surface area contributed by atoms with Gasteiger partial charge in [0.1, 0.15) is 0 Å². The molecular weight excluding hydrogens is 264 g/mol. The molecule has 108 valence electrons. The number of likely N-dealkylation sites (N-methyl/N-ethyl adjacent to an activating group) is 1. The van der Waals surface area contributed by atoms with E-state index >= 15 is 0 Å². The number of anilines is 1. The maximum Gasteiger partial charge on any atom is 0.321 e. The average molecular weight is 280 g/mol. The fourth-order valence-corrected chi connectivity index (χ4v) is 2.07. The number of amides is 2. The highest BCUT2D eigenvalue weighted by Crippen LogP contribution is 2.16. The monoisotopic (exact) mass is 280 g/mol. The van der Waals surface area contributed by atoms with E-state index in [1.165, 1.54) is 29.2 Å². The molecule has 1 heterocycles. The highest BCUT2D eigenvalue weighted by atomic mass is 16.6. The molecule has 1 aromatic rings. The van der Waals surface area contributed by atoms with Gasteiger partial charge in [-0.25, -0.2) is 4.79 Å². The number of urea groups is 1. The normalized spacial score (nSPS) is 21.5. The van der Waals surface area contributed by atoms with Crippen molar-refractivity contribution in [3.05, 3.63) is 34.4 Å². The third kappa shape index (κ3) is 3.03. The van der Waals surface area contributed by atoms with Gasteiger partial charge < -0.3 is 20.6 Å². The van der Waals surface area contributed by atoms with E-state index in [4.69, 9.17) is 0 Å². The molecule has 0 unspecified atom stereocenters. The van der Waals surface area contributed by atoms with Gasteiger partial charge in [-0.05, 0) is 12.1 Å². The molecule has 0 radical (unpaired) electrons. The van der Waals surface area contributed by atoms with Gasteiger partial charge in [-0.2, -0.15) is 0 Å². The summed E-state index contributed by atoms with van der Waals surface area (Å²) in [6.07, 6.45) is -0.595. The number of aliphatic hydroxyl groups is 1. The minimum atomic E-state index is -0.595. The number of carbonyl (C=O) groups is 1. The molecule has 1 aliphatic heterocycles. The first-order valence-corrected chi connectivity index (χ1v) is 6.16. The Bertz CT molecular complexity index is 505. The molecule has 3 N–H and O–H groups in total. The summed E-state index contributed by atoms with van der Waals surface area (Å²) in [6, 6.07) is 4.92. The molecule has 0 bridgehead atoms. The van der Waals surface area contributed by atoms with Crippen molar-refractivity contribution in [1.82, 2.24) is 10.2 Å². The Balaban J connectivity index is 1.98. The van der Waals surface area contributed by atoms with Gasteiger partial charge in [0, 0.05) is 38.0 Å². The largest absolute Gasteiger partial charge is 0.390 e. The van der Waals surface area contributed by atoms with Crippen LogP contribution in [-0.4, -0.2) is 53.2 Å². The number of hydrogen-bond donors (Lipinski definition) is 3. The zero-order valence-corrected chi connectivity index (χ0v) is 10.9. The minimum absolute atomic E-state index is 0.0354. The molecule has 0 spiro atoms. The van der Waals surface area contributed by atoms with E-state index < -0.39 is 11.0 Å². The number of carbonyl (C=O) groups excluding carboxylic acids is 1. The molecule has 8 heteroatoms. The number of nitro groups is 1. The predicted octanol–water partition coefficient (Wildman–Crippen LogP) is 0.391. The maximum atomic E-state index is 12.0. The van der Waals surface area contributed by atoms with Crippen LogP contribution in [0, 0.1) is 10.1 Å². The van der Waals surface area contributed by atoms with Crippen LogP contribution in [0.3, 0.4) is 0 Å². The molecule has 0 aliphatic carbocycles. The summed E-state index contributed by atoms with van der Waals surface area (Å²) in [5, 5.41) is 25.9. The molecule has 0 aromatic heterocycles. The van der Waals surface area contributed by atoms with E-state index in [0.717, 1.165) is 0 Å². The van der Waals surface area contributed by atoms with Crippen LogP contribution in [0.5, 0.6) is 0 Å². The van der Waals surface area contributed by atoms with Crippen LogP contribution in [0.25, 0.3) is 0 Å². The molecule has 2 atom stereocenters. The lowest BCUT2D eigenvalue weighted by Gasteiger charge is -2.26. The minimum Gasteiger partial charge on any atom is -0.390 e. The van der Waals surface area contributed by atoms with Gasteiger partial charge in [-0.1, -0.05) is 0 Å². The van der Waals surface area contributed by atoms with E-state index in [0.29, 0.717) is 18.8 Å². The molecule has 8 nitrogen and oxygen atoms in total. The molecule has 1 aliphatic rings. The quantitative estimate of drug-likeness (QED) is 0.548.